The third kappa shape index (κ3) is 2.57. The molecule has 2 rings (SSSR count). The van der Waals surface area contributed by atoms with Crippen molar-refractivity contribution < 1.29 is 5.11 Å². The summed E-state index contributed by atoms with van der Waals surface area (Å²) in [5.41, 5.74) is 1.43. The largest absolute Gasteiger partial charge is 0.380 e. The van der Waals surface area contributed by atoms with Gasteiger partial charge < -0.3 is 5.11 Å². The molecule has 2 aromatic rings. The van der Waals surface area contributed by atoms with Crippen LogP contribution in [0.5, 0.6) is 0 Å². The van der Waals surface area contributed by atoms with Crippen LogP contribution < -0.4 is 0 Å². The first kappa shape index (κ1) is 12.3. The number of aromatic nitrogens is 2. The van der Waals surface area contributed by atoms with Crippen LogP contribution in [0.3, 0.4) is 0 Å². The van der Waals surface area contributed by atoms with Crippen LogP contribution >= 0.6 is 23.2 Å². The van der Waals surface area contributed by atoms with Gasteiger partial charge in [0.15, 0.2) is 5.82 Å². The van der Waals surface area contributed by atoms with Gasteiger partial charge in [-0.05, 0) is 18.6 Å². The van der Waals surface area contributed by atoms with E-state index < -0.39 is 6.10 Å². The van der Waals surface area contributed by atoms with Crippen LogP contribution in [0.2, 0.25) is 10.0 Å². The average Bonchev–Trinajstić information content (AvgIpc) is 2.33. The average molecular weight is 269 g/mol. The van der Waals surface area contributed by atoms with Gasteiger partial charge in [0.25, 0.3) is 0 Å². The van der Waals surface area contributed by atoms with E-state index in [0.29, 0.717) is 21.4 Å². The molecule has 3 nitrogen and oxygen atoms in total. The van der Waals surface area contributed by atoms with E-state index in [9.17, 15) is 5.11 Å². The zero-order valence-electron chi connectivity index (χ0n) is 9.06. The number of aliphatic hydroxyl groups is 1. The molecule has 1 aromatic carbocycles. The van der Waals surface area contributed by atoms with E-state index >= 15 is 0 Å². The molecule has 88 valence electrons. The Morgan fingerprint density at radius 2 is 1.82 bits per heavy atom. The Hall–Kier alpha value is -1.16. The van der Waals surface area contributed by atoms with Crippen molar-refractivity contribution in [2.75, 3.05) is 0 Å². The molecule has 0 aliphatic rings. The summed E-state index contributed by atoms with van der Waals surface area (Å²) in [6.07, 6.45) is 2.32. The van der Waals surface area contributed by atoms with Crippen LogP contribution in [0.4, 0.5) is 0 Å². The van der Waals surface area contributed by atoms with Gasteiger partial charge in [-0.15, -0.1) is 0 Å². The van der Waals surface area contributed by atoms with Crippen LogP contribution in [-0.4, -0.2) is 15.1 Å². The summed E-state index contributed by atoms with van der Waals surface area (Å²) in [6.45, 7) is 1.88. The Morgan fingerprint density at radius 1 is 1.18 bits per heavy atom. The minimum absolute atomic E-state index is 0.305. The van der Waals surface area contributed by atoms with E-state index in [1.807, 2.05) is 6.92 Å². The molecule has 0 spiro atoms. The van der Waals surface area contributed by atoms with Crippen molar-refractivity contribution in [3.63, 3.8) is 0 Å². The first-order valence-electron chi connectivity index (χ1n) is 5.00. The molecule has 17 heavy (non-hydrogen) atoms. The first-order valence-corrected chi connectivity index (χ1v) is 5.75. The number of hydrogen-bond acceptors (Lipinski definition) is 3. The highest BCUT2D eigenvalue weighted by atomic mass is 35.5. The van der Waals surface area contributed by atoms with Gasteiger partial charge in [-0.2, -0.15) is 0 Å². The van der Waals surface area contributed by atoms with Gasteiger partial charge in [-0.25, -0.2) is 9.97 Å². The van der Waals surface area contributed by atoms with Crippen molar-refractivity contribution in [1.82, 2.24) is 9.97 Å². The van der Waals surface area contributed by atoms with E-state index in [0.717, 1.165) is 5.56 Å². The number of halogens is 2. The molecular formula is C12H10Cl2N2O. The lowest BCUT2D eigenvalue weighted by Crippen LogP contribution is -2.06. The number of hydrogen-bond donors (Lipinski definition) is 1. The summed E-state index contributed by atoms with van der Waals surface area (Å²) in [6, 6.07) is 5.08. The molecule has 1 heterocycles. The quantitative estimate of drug-likeness (QED) is 0.910. The third-order valence-corrected chi connectivity index (χ3v) is 3.16. The fraction of sp³-hybridized carbons (Fsp3) is 0.167. The molecule has 5 heteroatoms. The van der Waals surface area contributed by atoms with Crippen molar-refractivity contribution in [3.05, 3.63) is 57.6 Å². The minimum atomic E-state index is -0.971. The Morgan fingerprint density at radius 3 is 2.47 bits per heavy atom. The number of nitrogens with zero attached hydrogens (tertiary/aromatic N) is 2. The second-order valence-electron chi connectivity index (χ2n) is 3.66. The Balaban J connectivity index is 2.40. The van der Waals surface area contributed by atoms with Gasteiger partial charge in [0.1, 0.15) is 6.10 Å². The Labute approximate surface area is 109 Å². The monoisotopic (exact) mass is 268 g/mol. The van der Waals surface area contributed by atoms with Gasteiger partial charge in [0.2, 0.25) is 0 Å². The third-order valence-electron chi connectivity index (χ3n) is 2.32. The summed E-state index contributed by atoms with van der Waals surface area (Å²) < 4.78 is 0. The molecule has 1 N–H and O–H groups in total. The van der Waals surface area contributed by atoms with Gasteiger partial charge in [-0.1, -0.05) is 35.3 Å². The fourth-order valence-corrected chi connectivity index (χ4v) is 1.83. The maximum absolute atomic E-state index is 10.1. The van der Waals surface area contributed by atoms with Gasteiger partial charge >= 0.3 is 0 Å². The van der Waals surface area contributed by atoms with Crippen molar-refractivity contribution in [3.8, 4) is 0 Å². The molecule has 0 saturated heterocycles. The fourth-order valence-electron chi connectivity index (χ4n) is 1.41. The standard InChI is InChI=1S/C12H10Cl2N2O/c1-7-5-15-12(16-6-7)11(17)8-3-2-4-9(13)10(8)14/h2-6,11,17H,1H3. The minimum Gasteiger partial charge on any atom is -0.380 e. The Kier molecular flexibility index (Phi) is 3.62. The maximum atomic E-state index is 10.1. The van der Waals surface area contributed by atoms with E-state index in [1.165, 1.54) is 0 Å². The molecule has 1 aromatic heterocycles. The van der Waals surface area contributed by atoms with E-state index in [-0.39, 0.29) is 0 Å². The molecule has 1 atom stereocenters. The smallest absolute Gasteiger partial charge is 0.161 e. The second-order valence-corrected chi connectivity index (χ2v) is 4.45. The van der Waals surface area contributed by atoms with Gasteiger partial charge in [0, 0.05) is 18.0 Å². The summed E-state index contributed by atoms with van der Waals surface area (Å²) in [5, 5.41) is 10.8. The number of aliphatic hydroxyl groups excluding tert-OH is 1. The number of rotatable bonds is 2. The van der Waals surface area contributed by atoms with Crippen molar-refractivity contribution in [2.24, 2.45) is 0 Å². The predicted molar refractivity (Wildman–Crippen MR) is 67.3 cm³/mol. The van der Waals surface area contributed by atoms with E-state index in [4.69, 9.17) is 23.2 Å². The van der Waals surface area contributed by atoms with Crippen LogP contribution in [0.15, 0.2) is 30.6 Å². The molecular weight excluding hydrogens is 259 g/mol. The van der Waals surface area contributed by atoms with Crippen molar-refractivity contribution >= 4 is 23.2 Å². The van der Waals surface area contributed by atoms with Crippen LogP contribution in [0, 0.1) is 6.92 Å². The highest BCUT2D eigenvalue weighted by Gasteiger charge is 2.17. The topological polar surface area (TPSA) is 46.0 Å². The van der Waals surface area contributed by atoms with Crippen LogP contribution in [0.25, 0.3) is 0 Å². The molecule has 1 unspecified atom stereocenters. The highest BCUT2D eigenvalue weighted by Crippen LogP contribution is 2.31. The van der Waals surface area contributed by atoms with E-state index in [1.54, 1.807) is 30.6 Å². The SMILES string of the molecule is Cc1cnc(C(O)c2cccc(Cl)c2Cl)nc1. The maximum Gasteiger partial charge on any atom is 0.161 e. The lowest BCUT2D eigenvalue weighted by Gasteiger charge is -2.12. The van der Waals surface area contributed by atoms with Gasteiger partial charge in [-0.3, -0.25) is 0 Å². The molecule has 0 radical (unpaired) electrons. The van der Waals surface area contributed by atoms with Crippen molar-refractivity contribution in [2.45, 2.75) is 13.0 Å². The first-order chi connectivity index (χ1) is 8.09. The van der Waals surface area contributed by atoms with Crippen LogP contribution in [-0.2, 0) is 0 Å². The molecule has 0 aliphatic heterocycles. The van der Waals surface area contributed by atoms with Crippen molar-refractivity contribution in [1.29, 1.82) is 0 Å². The normalized spacial score (nSPS) is 12.5. The summed E-state index contributed by atoms with van der Waals surface area (Å²) >= 11 is 11.9. The zero-order chi connectivity index (χ0) is 12.4. The zero-order valence-corrected chi connectivity index (χ0v) is 10.6. The lowest BCUT2D eigenvalue weighted by molar-refractivity contribution is 0.210. The molecule has 0 saturated carbocycles. The molecule has 0 fully saturated rings. The molecule has 0 bridgehead atoms. The summed E-state index contributed by atoms with van der Waals surface area (Å²) in [5.74, 6) is 0.305. The van der Waals surface area contributed by atoms with Gasteiger partial charge in [0.05, 0.1) is 10.0 Å². The number of aryl methyl sites for hydroxylation is 1. The number of benzene rings is 1. The predicted octanol–water partition coefficient (Wildman–Crippen LogP) is 3.17. The molecule has 0 amide bonds. The summed E-state index contributed by atoms with van der Waals surface area (Å²) in [4.78, 5) is 8.13. The van der Waals surface area contributed by atoms with E-state index in [2.05, 4.69) is 9.97 Å². The second kappa shape index (κ2) is 5.00. The summed E-state index contributed by atoms with van der Waals surface area (Å²) in [7, 11) is 0. The Bertz CT molecular complexity index is 529. The van der Waals surface area contributed by atoms with Crippen LogP contribution in [0.1, 0.15) is 23.1 Å². The lowest BCUT2D eigenvalue weighted by atomic mass is 10.1. The highest BCUT2D eigenvalue weighted by molar-refractivity contribution is 6.42. The molecule has 0 aliphatic carbocycles.